The number of hydrogen-bond acceptors (Lipinski definition) is 2. The highest BCUT2D eigenvalue weighted by Gasteiger charge is 2.33. The summed E-state index contributed by atoms with van der Waals surface area (Å²) in [7, 11) is 1.95. The smallest absolute Gasteiger partial charge is 0.406 e. The normalized spacial score (nSPS) is 22.0. The molecule has 2 aromatic rings. The van der Waals surface area contributed by atoms with Crippen molar-refractivity contribution in [2.45, 2.75) is 38.1 Å². The molecule has 1 unspecified atom stereocenters. The molecule has 0 saturated carbocycles. The minimum Gasteiger partial charge on any atom is -0.406 e. The van der Waals surface area contributed by atoms with E-state index >= 15 is 0 Å². The van der Waals surface area contributed by atoms with Crippen molar-refractivity contribution in [1.82, 2.24) is 9.47 Å². The van der Waals surface area contributed by atoms with Crippen molar-refractivity contribution in [3.8, 4) is 5.75 Å². The molecule has 124 valence electrons. The summed E-state index contributed by atoms with van der Waals surface area (Å²) in [5, 5.41) is 1.05. The lowest BCUT2D eigenvalue weighted by Crippen LogP contribution is -2.31. The fourth-order valence-corrected chi connectivity index (χ4v) is 4.18. The molecule has 1 atom stereocenters. The van der Waals surface area contributed by atoms with Gasteiger partial charge >= 0.3 is 6.36 Å². The summed E-state index contributed by atoms with van der Waals surface area (Å²) < 4.78 is 43.4. The molecular weight excluding hydrogens is 305 g/mol. The van der Waals surface area contributed by atoms with Gasteiger partial charge in [0.15, 0.2) is 0 Å². The third-order valence-electron chi connectivity index (χ3n) is 5.22. The minimum atomic E-state index is -4.65. The van der Waals surface area contributed by atoms with Crippen molar-refractivity contribution < 1.29 is 17.9 Å². The average molecular weight is 324 g/mol. The van der Waals surface area contributed by atoms with Crippen LogP contribution in [0.3, 0.4) is 0 Å². The van der Waals surface area contributed by atoms with Gasteiger partial charge in [-0.25, -0.2) is 0 Å². The maximum absolute atomic E-state index is 12.4. The van der Waals surface area contributed by atoms with Crippen molar-refractivity contribution >= 4 is 10.9 Å². The second-order valence-electron chi connectivity index (χ2n) is 6.50. The third-order valence-corrected chi connectivity index (χ3v) is 5.22. The Hall–Kier alpha value is -1.69. The number of ether oxygens (including phenoxy) is 1. The molecule has 0 amide bonds. The molecule has 23 heavy (non-hydrogen) atoms. The van der Waals surface area contributed by atoms with Crippen molar-refractivity contribution in [2.75, 3.05) is 13.1 Å². The monoisotopic (exact) mass is 324 g/mol. The standard InChI is InChI=1S/C17H19F3N2O/c1-21-15-9-11-3-2-7-22(11)8-6-14(15)13-5-4-12(10-16(13)21)23-17(18,19)20/h4-5,10-11H,2-3,6-9H2,1H3. The van der Waals surface area contributed by atoms with Crippen molar-refractivity contribution in [1.29, 1.82) is 0 Å². The Morgan fingerprint density at radius 3 is 2.83 bits per heavy atom. The molecule has 2 aliphatic heterocycles. The number of rotatable bonds is 1. The Morgan fingerprint density at radius 1 is 1.22 bits per heavy atom. The van der Waals surface area contributed by atoms with Crippen molar-refractivity contribution in [2.24, 2.45) is 7.05 Å². The van der Waals surface area contributed by atoms with Crippen LogP contribution in [0, 0.1) is 0 Å². The van der Waals surface area contributed by atoms with E-state index < -0.39 is 6.36 Å². The molecule has 6 heteroatoms. The molecule has 4 rings (SSSR count). The summed E-state index contributed by atoms with van der Waals surface area (Å²) in [5.74, 6) is -0.150. The van der Waals surface area contributed by atoms with E-state index in [0.29, 0.717) is 6.04 Å². The minimum absolute atomic E-state index is 0.150. The van der Waals surface area contributed by atoms with Crippen LogP contribution in [-0.4, -0.2) is 35.0 Å². The number of aromatic nitrogens is 1. The van der Waals surface area contributed by atoms with E-state index in [1.54, 1.807) is 6.07 Å². The molecule has 1 aromatic carbocycles. The van der Waals surface area contributed by atoms with Gasteiger partial charge in [0.2, 0.25) is 0 Å². The van der Waals surface area contributed by atoms with Gasteiger partial charge in [0, 0.05) is 43.2 Å². The van der Waals surface area contributed by atoms with Gasteiger partial charge in [-0.2, -0.15) is 0 Å². The summed E-state index contributed by atoms with van der Waals surface area (Å²) in [4.78, 5) is 2.55. The second-order valence-corrected chi connectivity index (χ2v) is 6.50. The fraction of sp³-hybridized carbons (Fsp3) is 0.529. The molecule has 3 heterocycles. The summed E-state index contributed by atoms with van der Waals surface area (Å²) in [6, 6.07) is 5.27. The summed E-state index contributed by atoms with van der Waals surface area (Å²) >= 11 is 0. The van der Waals surface area contributed by atoms with E-state index in [-0.39, 0.29) is 5.75 Å². The van der Waals surface area contributed by atoms with Crippen LogP contribution in [0.4, 0.5) is 13.2 Å². The van der Waals surface area contributed by atoms with Gasteiger partial charge in [-0.3, -0.25) is 4.90 Å². The maximum atomic E-state index is 12.4. The molecule has 1 aromatic heterocycles. The Kier molecular flexibility index (Phi) is 3.34. The third kappa shape index (κ3) is 2.59. The van der Waals surface area contributed by atoms with Gasteiger partial charge in [0.05, 0.1) is 5.52 Å². The van der Waals surface area contributed by atoms with E-state index in [1.165, 1.54) is 42.8 Å². The van der Waals surface area contributed by atoms with Crippen LogP contribution in [0.15, 0.2) is 18.2 Å². The number of alkyl halides is 3. The summed E-state index contributed by atoms with van der Waals surface area (Å²) in [5.41, 5.74) is 3.37. The van der Waals surface area contributed by atoms with Gasteiger partial charge < -0.3 is 9.30 Å². The Balaban J connectivity index is 1.76. The number of nitrogens with zero attached hydrogens (tertiary/aromatic N) is 2. The van der Waals surface area contributed by atoms with E-state index in [0.717, 1.165) is 30.3 Å². The fourth-order valence-electron chi connectivity index (χ4n) is 4.18. The first kappa shape index (κ1) is 14.9. The molecule has 0 spiro atoms. The Labute approximate surface area is 132 Å². The largest absolute Gasteiger partial charge is 0.573 e. The zero-order valence-electron chi connectivity index (χ0n) is 13.0. The number of hydrogen-bond donors (Lipinski definition) is 0. The zero-order valence-corrected chi connectivity index (χ0v) is 13.0. The van der Waals surface area contributed by atoms with E-state index in [2.05, 4.69) is 14.2 Å². The number of benzene rings is 1. The first-order valence-electron chi connectivity index (χ1n) is 8.02. The predicted molar refractivity (Wildman–Crippen MR) is 81.6 cm³/mol. The quantitative estimate of drug-likeness (QED) is 0.797. The molecule has 0 radical (unpaired) electrons. The van der Waals surface area contributed by atoms with Crippen molar-refractivity contribution in [3.05, 3.63) is 29.5 Å². The molecule has 3 nitrogen and oxygen atoms in total. The highest BCUT2D eigenvalue weighted by atomic mass is 19.4. The van der Waals surface area contributed by atoms with Gasteiger partial charge in [-0.1, -0.05) is 0 Å². The van der Waals surface area contributed by atoms with Crippen LogP contribution < -0.4 is 4.74 Å². The average Bonchev–Trinajstić information content (AvgIpc) is 2.95. The second kappa shape index (κ2) is 5.16. The van der Waals surface area contributed by atoms with Gasteiger partial charge in [-0.05, 0) is 43.5 Å². The van der Waals surface area contributed by atoms with E-state index in [1.807, 2.05) is 7.05 Å². The van der Waals surface area contributed by atoms with Crippen LogP contribution in [0.2, 0.25) is 0 Å². The maximum Gasteiger partial charge on any atom is 0.573 e. The molecule has 0 bridgehead atoms. The lowest BCUT2D eigenvalue weighted by molar-refractivity contribution is -0.274. The lowest BCUT2D eigenvalue weighted by Gasteiger charge is -2.21. The zero-order chi connectivity index (χ0) is 16.2. The van der Waals surface area contributed by atoms with Crippen LogP contribution in [0.5, 0.6) is 5.75 Å². The highest BCUT2D eigenvalue weighted by molar-refractivity contribution is 5.87. The number of halogens is 3. The topological polar surface area (TPSA) is 17.4 Å². The van der Waals surface area contributed by atoms with Crippen LogP contribution >= 0.6 is 0 Å². The lowest BCUT2D eigenvalue weighted by atomic mass is 10.0. The Morgan fingerprint density at radius 2 is 2.04 bits per heavy atom. The first-order valence-corrected chi connectivity index (χ1v) is 8.02. The van der Waals surface area contributed by atoms with E-state index in [9.17, 15) is 13.2 Å². The van der Waals surface area contributed by atoms with E-state index in [4.69, 9.17) is 0 Å². The van der Waals surface area contributed by atoms with Gasteiger partial charge in [0.25, 0.3) is 0 Å². The van der Waals surface area contributed by atoms with Gasteiger partial charge in [0.1, 0.15) is 5.75 Å². The molecule has 0 N–H and O–H groups in total. The number of fused-ring (bicyclic) bond motifs is 4. The molecule has 1 fully saturated rings. The van der Waals surface area contributed by atoms with Gasteiger partial charge in [-0.15, -0.1) is 13.2 Å². The van der Waals surface area contributed by atoms with Crippen molar-refractivity contribution in [3.63, 3.8) is 0 Å². The highest BCUT2D eigenvalue weighted by Crippen LogP contribution is 2.35. The summed E-state index contributed by atoms with van der Waals surface area (Å²) in [6.07, 6.45) is -0.254. The SMILES string of the molecule is Cn1c2c(c3ccc(OC(F)(F)F)cc31)CCN1CCCC1C2. The molecule has 0 aliphatic carbocycles. The first-order chi connectivity index (χ1) is 10.9. The molecular formula is C17H19F3N2O. The molecule has 2 aliphatic rings. The summed E-state index contributed by atoms with van der Waals surface area (Å²) in [6.45, 7) is 2.21. The van der Waals surface area contributed by atoms with Crippen LogP contribution in [0.25, 0.3) is 10.9 Å². The van der Waals surface area contributed by atoms with Crippen LogP contribution in [-0.2, 0) is 19.9 Å². The number of aryl methyl sites for hydroxylation is 1. The molecule has 1 saturated heterocycles. The van der Waals surface area contributed by atoms with Crippen LogP contribution in [0.1, 0.15) is 24.1 Å². The Bertz CT molecular complexity index is 750. The predicted octanol–water partition coefficient (Wildman–Crippen LogP) is 3.64.